The molecule has 0 amide bonds. The van der Waals surface area contributed by atoms with E-state index in [0.29, 0.717) is 11.6 Å². The van der Waals surface area contributed by atoms with Crippen LogP contribution in [0.2, 0.25) is 0 Å². The lowest BCUT2D eigenvalue weighted by atomic mass is 10.2. The molecule has 0 spiro atoms. The molecule has 0 aromatic heterocycles. The first-order valence-electron chi connectivity index (χ1n) is 6.79. The predicted octanol–water partition coefficient (Wildman–Crippen LogP) is 3.02. The number of rotatable bonds is 5. The van der Waals surface area contributed by atoms with Crippen LogP contribution in [-0.4, -0.2) is 26.8 Å². The molecule has 0 bridgehead atoms. The first-order valence-corrected chi connectivity index (χ1v) is 8.40. The first kappa shape index (κ1) is 17.8. The van der Waals surface area contributed by atoms with Crippen LogP contribution in [0, 0.1) is 23.0 Å². The highest BCUT2D eigenvalue weighted by molar-refractivity contribution is 7.88. The Morgan fingerprint density at radius 1 is 1.21 bits per heavy atom. The van der Waals surface area contributed by atoms with Gasteiger partial charge in [-0.3, -0.25) is 0 Å². The Labute approximate surface area is 138 Å². The van der Waals surface area contributed by atoms with Gasteiger partial charge in [-0.2, -0.15) is 5.26 Å². The fourth-order valence-corrected chi connectivity index (χ4v) is 2.76. The Hall–Kier alpha value is -2.50. The number of nitriles is 1. The Bertz CT molecular complexity index is 906. The lowest BCUT2D eigenvalue weighted by molar-refractivity contribution is 0.465. The molecule has 2 aromatic carbocycles. The molecule has 0 aliphatic carbocycles. The van der Waals surface area contributed by atoms with Crippen LogP contribution in [0.5, 0.6) is 11.5 Å². The molecule has 0 radical (unpaired) electrons. The average Bonchev–Trinajstić information content (AvgIpc) is 2.46. The molecule has 2 aromatic rings. The van der Waals surface area contributed by atoms with Gasteiger partial charge in [-0.05, 0) is 17.7 Å². The Morgan fingerprint density at radius 2 is 1.92 bits per heavy atom. The summed E-state index contributed by atoms with van der Waals surface area (Å²) in [6.45, 7) is 0. The smallest absolute Gasteiger partial charge is 0.217 e. The fraction of sp³-hybridized carbons (Fsp3) is 0.188. The molecule has 0 unspecified atom stereocenters. The maximum Gasteiger partial charge on any atom is 0.217 e. The molecular formula is C16H14F2N2O3S. The third-order valence-corrected chi connectivity index (χ3v) is 4.97. The van der Waals surface area contributed by atoms with Crippen molar-refractivity contribution in [2.24, 2.45) is 0 Å². The van der Waals surface area contributed by atoms with Crippen LogP contribution in [0.25, 0.3) is 0 Å². The minimum Gasteiger partial charge on any atom is -0.456 e. The lowest BCUT2D eigenvalue weighted by Gasteiger charge is -2.12. The van der Waals surface area contributed by atoms with E-state index in [-0.39, 0.29) is 17.3 Å². The Morgan fingerprint density at radius 3 is 2.54 bits per heavy atom. The molecule has 0 heterocycles. The van der Waals surface area contributed by atoms with Gasteiger partial charge in [0, 0.05) is 26.2 Å². The molecule has 5 nitrogen and oxygen atoms in total. The van der Waals surface area contributed by atoms with Crippen LogP contribution < -0.4 is 4.74 Å². The van der Waals surface area contributed by atoms with E-state index in [1.165, 1.54) is 26.2 Å². The second-order valence-electron chi connectivity index (χ2n) is 5.16. The van der Waals surface area contributed by atoms with E-state index in [2.05, 4.69) is 0 Å². The van der Waals surface area contributed by atoms with Crippen LogP contribution in [0.1, 0.15) is 11.1 Å². The Balaban J connectivity index is 2.33. The number of ether oxygens (including phenoxy) is 1. The van der Waals surface area contributed by atoms with Gasteiger partial charge in [-0.15, -0.1) is 0 Å². The molecular weight excluding hydrogens is 338 g/mol. The number of halogens is 2. The summed E-state index contributed by atoms with van der Waals surface area (Å²) in [7, 11) is -0.620. The van der Waals surface area contributed by atoms with Crippen LogP contribution in [0.15, 0.2) is 36.4 Å². The summed E-state index contributed by atoms with van der Waals surface area (Å²) in [5, 5.41) is 8.96. The second kappa shape index (κ2) is 6.95. The van der Waals surface area contributed by atoms with Crippen molar-refractivity contribution in [2.45, 2.75) is 5.75 Å². The zero-order chi connectivity index (χ0) is 17.9. The van der Waals surface area contributed by atoms with E-state index in [9.17, 15) is 17.2 Å². The summed E-state index contributed by atoms with van der Waals surface area (Å²) in [6.07, 6.45) is 0. The molecule has 0 fully saturated rings. The van der Waals surface area contributed by atoms with Gasteiger partial charge in [-0.1, -0.05) is 12.1 Å². The lowest BCUT2D eigenvalue weighted by Crippen LogP contribution is -2.23. The highest BCUT2D eigenvalue weighted by Crippen LogP contribution is 2.28. The van der Waals surface area contributed by atoms with Gasteiger partial charge in [-0.25, -0.2) is 21.5 Å². The first-order chi connectivity index (χ1) is 11.2. The van der Waals surface area contributed by atoms with Crippen molar-refractivity contribution in [2.75, 3.05) is 14.1 Å². The molecule has 24 heavy (non-hydrogen) atoms. The Kier molecular flexibility index (Phi) is 5.17. The zero-order valence-electron chi connectivity index (χ0n) is 13.0. The summed E-state index contributed by atoms with van der Waals surface area (Å²) >= 11 is 0. The summed E-state index contributed by atoms with van der Waals surface area (Å²) in [4.78, 5) is 0. The topological polar surface area (TPSA) is 70.4 Å². The van der Waals surface area contributed by atoms with Crippen LogP contribution >= 0.6 is 0 Å². The van der Waals surface area contributed by atoms with E-state index in [1.807, 2.05) is 0 Å². The predicted molar refractivity (Wildman–Crippen MR) is 83.9 cm³/mol. The summed E-state index contributed by atoms with van der Waals surface area (Å²) in [5.41, 5.74) is 0.0132. The van der Waals surface area contributed by atoms with Gasteiger partial charge in [0.25, 0.3) is 0 Å². The summed E-state index contributed by atoms with van der Waals surface area (Å²) in [5.74, 6) is -2.27. The minimum atomic E-state index is -3.46. The number of hydrogen-bond donors (Lipinski definition) is 0. The largest absolute Gasteiger partial charge is 0.456 e. The van der Waals surface area contributed by atoms with Crippen molar-refractivity contribution < 1.29 is 21.9 Å². The van der Waals surface area contributed by atoms with Crippen molar-refractivity contribution in [1.29, 1.82) is 5.26 Å². The SMILES string of the molecule is CN(C)S(=O)(=O)Cc1cccc(Oc2cc(F)cc(F)c2C#N)c1. The van der Waals surface area contributed by atoms with Crippen molar-refractivity contribution in [3.8, 4) is 17.6 Å². The number of hydrogen-bond acceptors (Lipinski definition) is 4. The summed E-state index contributed by atoms with van der Waals surface area (Å²) < 4.78 is 57.2. The average molecular weight is 352 g/mol. The van der Waals surface area contributed by atoms with E-state index in [1.54, 1.807) is 18.2 Å². The number of nitrogens with zero attached hydrogens (tertiary/aromatic N) is 2. The van der Waals surface area contributed by atoms with Crippen molar-refractivity contribution >= 4 is 10.0 Å². The molecule has 126 valence electrons. The van der Waals surface area contributed by atoms with Crippen LogP contribution in [0.4, 0.5) is 8.78 Å². The molecule has 8 heteroatoms. The monoisotopic (exact) mass is 352 g/mol. The highest BCUT2D eigenvalue weighted by Gasteiger charge is 2.16. The van der Waals surface area contributed by atoms with Crippen LogP contribution in [0.3, 0.4) is 0 Å². The van der Waals surface area contributed by atoms with Gasteiger partial charge < -0.3 is 4.74 Å². The minimum absolute atomic E-state index is 0.169. The van der Waals surface area contributed by atoms with Gasteiger partial charge in [0.2, 0.25) is 10.0 Å². The normalized spacial score (nSPS) is 11.3. The highest BCUT2D eigenvalue weighted by atomic mass is 32.2. The van der Waals surface area contributed by atoms with Gasteiger partial charge in [0.05, 0.1) is 5.75 Å². The van der Waals surface area contributed by atoms with Gasteiger partial charge in [0.1, 0.15) is 29.0 Å². The van der Waals surface area contributed by atoms with Crippen LogP contribution in [-0.2, 0) is 15.8 Å². The second-order valence-corrected chi connectivity index (χ2v) is 7.34. The molecule has 0 saturated carbocycles. The molecule has 0 N–H and O–H groups in total. The number of benzene rings is 2. The maximum atomic E-state index is 13.6. The quantitative estimate of drug-likeness (QED) is 0.829. The molecule has 0 aliphatic rings. The molecule has 0 saturated heterocycles. The summed E-state index contributed by atoms with van der Waals surface area (Å²) in [6, 6.07) is 9.17. The molecule has 2 rings (SSSR count). The van der Waals surface area contributed by atoms with E-state index >= 15 is 0 Å². The maximum absolute atomic E-state index is 13.6. The standard InChI is InChI=1S/C16H14F2N2O3S/c1-20(2)24(21,22)10-11-4-3-5-13(6-11)23-16-8-12(17)7-15(18)14(16)9-19/h3-8H,10H2,1-2H3. The fourth-order valence-electron chi connectivity index (χ4n) is 1.90. The van der Waals surface area contributed by atoms with Crippen molar-refractivity contribution in [1.82, 2.24) is 4.31 Å². The molecule has 0 aliphatic heterocycles. The van der Waals surface area contributed by atoms with E-state index < -0.39 is 27.2 Å². The number of sulfonamides is 1. The van der Waals surface area contributed by atoms with Gasteiger partial charge >= 0.3 is 0 Å². The van der Waals surface area contributed by atoms with E-state index in [4.69, 9.17) is 10.00 Å². The van der Waals surface area contributed by atoms with Gasteiger partial charge in [0.15, 0.2) is 5.75 Å². The zero-order valence-corrected chi connectivity index (χ0v) is 13.8. The van der Waals surface area contributed by atoms with Crippen molar-refractivity contribution in [3.05, 3.63) is 59.2 Å². The third kappa shape index (κ3) is 4.07. The third-order valence-electron chi connectivity index (χ3n) is 3.16. The van der Waals surface area contributed by atoms with E-state index in [0.717, 1.165) is 10.4 Å². The molecule has 0 atom stereocenters. The van der Waals surface area contributed by atoms with Crippen molar-refractivity contribution in [3.63, 3.8) is 0 Å².